The largest absolute Gasteiger partial charge is 0.356 e. The fraction of sp³-hybridized carbons (Fsp3) is 0.476. The van der Waals surface area contributed by atoms with Crippen LogP contribution in [-0.4, -0.2) is 13.0 Å². The molecule has 0 saturated heterocycles. The van der Waals surface area contributed by atoms with E-state index in [1.54, 1.807) is 13.1 Å². The highest BCUT2D eigenvalue weighted by molar-refractivity contribution is 5.88. The number of carbonyl (C=O) groups is 1. The van der Waals surface area contributed by atoms with E-state index in [1.807, 2.05) is 19.1 Å². The molecule has 1 N–H and O–H groups in total. The standard InChI is InChI=1S/C21H33NO/c1-9-21(6,7)19(16(2)3)14-13-17(4)11-10-12-18(5)15-20(23)22-8/h10-15H,9H2,1-8H3,(H,22,23)/b12-10+,14-13+,17-11+,18-15+. The topological polar surface area (TPSA) is 29.1 Å². The number of carbonyl (C=O) groups excluding carboxylic acids is 1. The van der Waals surface area contributed by atoms with Crippen LogP contribution in [0.1, 0.15) is 54.9 Å². The van der Waals surface area contributed by atoms with Crippen LogP contribution in [0.15, 0.2) is 58.7 Å². The summed E-state index contributed by atoms with van der Waals surface area (Å²) in [4.78, 5) is 11.2. The van der Waals surface area contributed by atoms with Gasteiger partial charge in [-0.3, -0.25) is 4.79 Å². The molecule has 23 heavy (non-hydrogen) atoms. The molecule has 0 radical (unpaired) electrons. The minimum atomic E-state index is -0.0808. The van der Waals surface area contributed by atoms with Crippen molar-refractivity contribution in [2.45, 2.75) is 54.9 Å². The van der Waals surface area contributed by atoms with Crippen molar-refractivity contribution < 1.29 is 4.79 Å². The molecule has 1 amide bonds. The van der Waals surface area contributed by atoms with Gasteiger partial charge in [-0.2, -0.15) is 0 Å². The molecule has 2 nitrogen and oxygen atoms in total. The summed E-state index contributed by atoms with van der Waals surface area (Å²) < 4.78 is 0. The SMILES string of the molecule is CCC(C)(C)C(/C=C/C(C)=C/C=C/C(C)=C/C(=O)NC)=C(C)C. The lowest BCUT2D eigenvalue weighted by Gasteiger charge is -2.26. The zero-order chi connectivity index (χ0) is 18.0. The average molecular weight is 316 g/mol. The van der Waals surface area contributed by atoms with Crippen molar-refractivity contribution in [2.24, 2.45) is 5.41 Å². The number of likely N-dealkylation sites (N-methyl/N-ethyl adjacent to an activating group) is 1. The first-order valence-electron chi connectivity index (χ1n) is 8.25. The third kappa shape index (κ3) is 8.39. The van der Waals surface area contributed by atoms with Gasteiger partial charge in [-0.25, -0.2) is 0 Å². The van der Waals surface area contributed by atoms with Crippen LogP contribution in [0.4, 0.5) is 0 Å². The Balaban J connectivity index is 5.06. The predicted octanol–water partition coefficient (Wildman–Crippen LogP) is 5.51. The van der Waals surface area contributed by atoms with Gasteiger partial charge in [0.2, 0.25) is 5.91 Å². The average Bonchev–Trinajstić information content (AvgIpc) is 2.46. The maximum atomic E-state index is 11.2. The normalized spacial score (nSPS) is 13.7. The third-order valence-corrected chi connectivity index (χ3v) is 3.99. The van der Waals surface area contributed by atoms with Gasteiger partial charge in [-0.05, 0) is 50.7 Å². The van der Waals surface area contributed by atoms with E-state index in [0.717, 1.165) is 12.0 Å². The smallest absolute Gasteiger partial charge is 0.243 e. The second-order valence-corrected chi connectivity index (χ2v) is 6.76. The van der Waals surface area contributed by atoms with E-state index >= 15 is 0 Å². The van der Waals surface area contributed by atoms with Gasteiger partial charge >= 0.3 is 0 Å². The summed E-state index contributed by atoms with van der Waals surface area (Å²) in [5, 5.41) is 2.58. The number of rotatable bonds is 7. The van der Waals surface area contributed by atoms with E-state index in [-0.39, 0.29) is 11.3 Å². The number of hydrogen-bond acceptors (Lipinski definition) is 1. The fourth-order valence-electron chi connectivity index (χ4n) is 2.21. The molecule has 0 aromatic heterocycles. The molecule has 0 aliphatic carbocycles. The molecule has 2 heteroatoms. The Hall–Kier alpha value is -1.83. The Bertz CT molecular complexity index is 550. The first kappa shape index (κ1) is 21.2. The van der Waals surface area contributed by atoms with E-state index < -0.39 is 0 Å². The highest BCUT2D eigenvalue weighted by atomic mass is 16.1. The third-order valence-electron chi connectivity index (χ3n) is 3.99. The minimum Gasteiger partial charge on any atom is -0.356 e. The summed E-state index contributed by atoms with van der Waals surface area (Å²) in [5.74, 6) is -0.0808. The molecule has 0 aliphatic rings. The van der Waals surface area contributed by atoms with Crippen LogP contribution in [0.5, 0.6) is 0 Å². The summed E-state index contributed by atoms with van der Waals surface area (Å²) in [5.41, 5.74) is 5.06. The van der Waals surface area contributed by atoms with Crippen molar-refractivity contribution in [3.05, 3.63) is 58.7 Å². The summed E-state index contributed by atoms with van der Waals surface area (Å²) in [6.45, 7) is 15.1. The van der Waals surface area contributed by atoms with Gasteiger partial charge in [-0.1, -0.05) is 62.3 Å². The fourth-order valence-corrected chi connectivity index (χ4v) is 2.21. The molecule has 0 aromatic rings. The van der Waals surface area contributed by atoms with Crippen LogP contribution < -0.4 is 5.32 Å². The molecule has 0 aromatic carbocycles. The van der Waals surface area contributed by atoms with E-state index in [2.05, 4.69) is 65.1 Å². The Morgan fingerprint density at radius 1 is 1.00 bits per heavy atom. The quantitative estimate of drug-likeness (QED) is 0.487. The Morgan fingerprint density at radius 3 is 2.09 bits per heavy atom. The molecule has 0 fully saturated rings. The second-order valence-electron chi connectivity index (χ2n) is 6.76. The van der Waals surface area contributed by atoms with Gasteiger partial charge in [-0.15, -0.1) is 0 Å². The van der Waals surface area contributed by atoms with Crippen molar-refractivity contribution in [2.75, 3.05) is 7.05 Å². The van der Waals surface area contributed by atoms with Crippen LogP contribution in [0, 0.1) is 5.41 Å². The van der Waals surface area contributed by atoms with Crippen LogP contribution in [0.3, 0.4) is 0 Å². The molecular formula is C21H33NO. The monoisotopic (exact) mass is 315 g/mol. The van der Waals surface area contributed by atoms with Crippen molar-refractivity contribution in [3.63, 3.8) is 0 Å². The molecule has 0 spiro atoms. The summed E-state index contributed by atoms with van der Waals surface area (Å²) in [7, 11) is 1.63. The maximum absolute atomic E-state index is 11.2. The number of nitrogens with one attached hydrogen (secondary N) is 1. The van der Waals surface area contributed by atoms with Crippen LogP contribution in [0.25, 0.3) is 0 Å². The highest BCUT2D eigenvalue weighted by Crippen LogP contribution is 2.33. The van der Waals surface area contributed by atoms with Crippen molar-refractivity contribution in [1.82, 2.24) is 5.32 Å². The Labute approximate surface area is 142 Å². The predicted molar refractivity (Wildman–Crippen MR) is 102 cm³/mol. The number of amides is 1. The molecule has 0 atom stereocenters. The lowest BCUT2D eigenvalue weighted by Crippen LogP contribution is -2.14. The molecule has 0 bridgehead atoms. The minimum absolute atomic E-state index is 0.0808. The number of hydrogen-bond donors (Lipinski definition) is 1. The Kier molecular flexibility index (Phi) is 9.24. The summed E-state index contributed by atoms with van der Waals surface area (Å²) >= 11 is 0. The zero-order valence-corrected chi connectivity index (χ0v) is 16.1. The van der Waals surface area contributed by atoms with Gasteiger partial charge in [0.25, 0.3) is 0 Å². The molecule has 128 valence electrons. The van der Waals surface area contributed by atoms with E-state index in [9.17, 15) is 4.79 Å². The van der Waals surface area contributed by atoms with Gasteiger partial charge in [0.15, 0.2) is 0 Å². The first-order chi connectivity index (χ1) is 10.6. The lowest BCUT2D eigenvalue weighted by molar-refractivity contribution is -0.116. The van der Waals surface area contributed by atoms with Crippen molar-refractivity contribution in [3.8, 4) is 0 Å². The van der Waals surface area contributed by atoms with Gasteiger partial charge in [0.1, 0.15) is 0 Å². The van der Waals surface area contributed by atoms with E-state index in [4.69, 9.17) is 0 Å². The maximum Gasteiger partial charge on any atom is 0.243 e. The lowest BCUT2D eigenvalue weighted by atomic mass is 9.79. The van der Waals surface area contributed by atoms with Gasteiger partial charge in [0, 0.05) is 13.1 Å². The van der Waals surface area contributed by atoms with Crippen LogP contribution in [0.2, 0.25) is 0 Å². The number of allylic oxidation sites excluding steroid dienone is 9. The molecule has 0 aliphatic heterocycles. The van der Waals surface area contributed by atoms with Crippen molar-refractivity contribution >= 4 is 5.91 Å². The molecule has 0 saturated carbocycles. The molecule has 0 heterocycles. The summed E-state index contributed by atoms with van der Waals surface area (Å²) in [6.07, 6.45) is 13.0. The van der Waals surface area contributed by atoms with E-state index in [0.29, 0.717) is 0 Å². The van der Waals surface area contributed by atoms with Gasteiger partial charge in [0.05, 0.1) is 0 Å². The zero-order valence-electron chi connectivity index (χ0n) is 16.1. The highest BCUT2D eigenvalue weighted by Gasteiger charge is 2.19. The summed E-state index contributed by atoms with van der Waals surface area (Å²) in [6, 6.07) is 0. The van der Waals surface area contributed by atoms with Crippen LogP contribution >= 0.6 is 0 Å². The van der Waals surface area contributed by atoms with E-state index in [1.165, 1.54) is 16.7 Å². The Morgan fingerprint density at radius 2 is 1.61 bits per heavy atom. The molecule has 0 rings (SSSR count). The first-order valence-corrected chi connectivity index (χ1v) is 8.25. The second kappa shape index (κ2) is 10.0. The van der Waals surface area contributed by atoms with Gasteiger partial charge < -0.3 is 5.32 Å². The van der Waals surface area contributed by atoms with Crippen molar-refractivity contribution in [1.29, 1.82) is 0 Å². The molecular weight excluding hydrogens is 282 g/mol. The molecule has 0 unspecified atom stereocenters. The van der Waals surface area contributed by atoms with Crippen LogP contribution in [-0.2, 0) is 4.79 Å².